The van der Waals surface area contributed by atoms with Gasteiger partial charge in [-0.25, -0.2) is 0 Å². The predicted octanol–water partition coefficient (Wildman–Crippen LogP) is 5.31. The van der Waals surface area contributed by atoms with Gasteiger partial charge in [-0.2, -0.15) is 0 Å². The first-order valence-corrected chi connectivity index (χ1v) is 9.40. The van der Waals surface area contributed by atoms with Crippen molar-refractivity contribution in [2.75, 3.05) is 6.61 Å². The van der Waals surface area contributed by atoms with E-state index >= 15 is 0 Å². The van der Waals surface area contributed by atoms with E-state index in [9.17, 15) is 0 Å². The molecule has 0 atom stereocenters. The van der Waals surface area contributed by atoms with Crippen LogP contribution in [0.4, 0.5) is 0 Å². The number of benzene rings is 2. The van der Waals surface area contributed by atoms with E-state index in [0.717, 1.165) is 32.9 Å². The van der Waals surface area contributed by atoms with Crippen LogP contribution in [0.1, 0.15) is 23.8 Å². The molecule has 4 nitrogen and oxygen atoms in total. The van der Waals surface area contributed by atoms with E-state index in [1.807, 2.05) is 55.5 Å². The molecule has 3 aromatic rings. The quantitative estimate of drug-likeness (QED) is 0.514. The Bertz CT molecular complexity index is 804. The second-order valence-corrected chi connectivity index (χ2v) is 6.65. The zero-order chi connectivity index (χ0) is 18.2. The van der Waals surface area contributed by atoms with Gasteiger partial charge in [0.1, 0.15) is 12.4 Å². The van der Waals surface area contributed by atoms with Crippen LogP contribution < -0.4 is 14.8 Å². The molecule has 136 valence electrons. The molecule has 0 amide bonds. The lowest BCUT2D eigenvalue weighted by Crippen LogP contribution is -2.12. The van der Waals surface area contributed by atoms with Crippen LogP contribution in [0.25, 0.3) is 0 Å². The first-order valence-electron chi connectivity index (χ1n) is 8.61. The first-order chi connectivity index (χ1) is 12.8. The molecule has 0 saturated heterocycles. The number of ether oxygens (including phenoxy) is 2. The van der Waals surface area contributed by atoms with Gasteiger partial charge < -0.3 is 19.2 Å². The Morgan fingerprint density at radius 1 is 0.962 bits per heavy atom. The number of hydrogen-bond acceptors (Lipinski definition) is 4. The molecule has 0 aliphatic carbocycles. The molecule has 1 heterocycles. The van der Waals surface area contributed by atoms with Gasteiger partial charge in [0.15, 0.2) is 11.5 Å². The Morgan fingerprint density at radius 3 is 2.54 bits per heavy atom. The molecule has 26 heavy (non-hydrogen) atoms. The van der Waals surface area contributed by atoms with Crippen LogP contribution in [0.15, 0.2) is 69.8 Å². The van der Waals surface area contributed by atoms with E-state index in [0.29, 0.717) is 26.3 Å². The third kappa shape index (κ3) is 5.13. The summed E-state index contributed by atoms with van der Waals surface area (Å²) in [4.78, 5) is 0. The first kappa shape index (κ1) is 18.5. The maximum atomic E-state index is 6.02. The summed E-state index contributed by atoms with van der Waals surface area (Å²) in [6.07, 6.45) is 1.68. The second-order valence-electron chi connectivity index (χ2n) is 5.80. The van der Waals surface area contributed by atoms with Gasteiger partial charge in [-0.05, 0) is 58.2 Å². The van der Waals surface area contributed by atoms with Crippen LogP contribution in [0.5, 0.6) is 11.5 Å². The zero-order valence-corrected chi connectivity index (χ0v) is 16.3. The molecule has 0 aliphatic heterocycles. The minimum Gasteiger partial charge on any atom is -0.490 e. The van der Waals surface area contributed by atoms with Crippen LogP contribution >= 0.6 is 15.9 Å². The maximum absolute atomic E-state index is 6.02. The predicted molar refractivity (Wildman–Crippen MR) is 105 cm³/mol. The van der Waals surface area contributed by atoms with Crippen LogP contribution in [-0.4, -0.2) is 6.61 Å². The summed E-state index contributed by atoms with van der Waals surface area (Å²) in [5.74, 6) is 2.38. The van der Waals surface area contributed by atoms with Gasteiger partial charge in [-0.15, -0.1) is 0 Å². The summed E-state index contributed by atoms with van der Waals surface area (Å²) in [6, 6.07) is 18.0. The third-order valence-corrected chi connectivity index (χ3v) is 4.39. The Kier molecular flexibility index (Phi) is 6.75. The van der Waals surface area contributed by atoms with Gasteiger partial charge in [-0.1, -0.05) is 30.3 Å². The Balaban J connectivity index is 1.68. The number of rotatable bonds is 9. The normalized spacial score (nSPS) is 10.7. The van der Waals surface area contributed by atoms with Crippen LogP contribution in [0, 0.1) is 0 Å². The summed E-state index contributed by atoms with van der Waals surface area (Å²) in [6.45, 7) is 4.43. The number of nitrogens with one attached hydrogen (secondary N) is 1. The van der Waals surface area contributed by atoms with Crippen molar-refractivity contribution in [1.82, 2.24) is 5.32 Å². The summed E-state index contributed by atoms with van der Waals surface area (Å²) in [7, 11) is 0. The molecule has 3 rings (SSSR count). The van der Waals surface area contributed by atoms with Crippen molar-refractivity contribution in [2.45, 2.75) is 26.6 Å². The molecule has 0 unspecified atom stereocenters. The molecule has 1 aromatic heterocycles. The van der Waals surface area contributed by atoms with Gasteiger partial charge in [0.05, 0.1) is 23.9 Å². The number of hydrogen-bond donors (Lipinski definition) is 1. The molecule has 0 radical (unpaired) electrons. The lowest BCUT2D eigenvalue weighted by Gasteiger charge is -2.16. The van der Waals surface area contributed by atoms with Crippen molar-refractivity contribution in [3.8, 4) is 11.5 Å². The fraction of sp³-hybridized carbons (Fsp3) is 0.238. The van der Waals surface area contributed by atoms with E-state index in [1.54, 1.807) is 6.26 Å². The molecule has 0 bridgehead atoms. The number of halogens is 1. The lowest BCUT2D eigenvalue weighted by atomic mass is 10.2. The Hall–Kier alpha value is -2.24. The molecule has 0 fully saturated rings. The molecule has 1 N–H and O–H groups in total. The topological polar surface area (TPSA) is 43.6 Å². The van der Waals surface area contributed by atoms with Crippen LogP contribution in [-0.2, 0) is 19.7 Å². The highest BCUT2D eigenvalue weighted by Crippen LogP contribution is 2.37. The summed E-state index contributed by atoms with van der Waals surface area (Å²) >= 11 is 3.62. The Morgan fingerprint density at radius 2 is 1.81 bits per heavy atom. The van der Waals surface area contributed by atoms with Crippen molar-refractivity contribution in [3.05, 3.63) is 82.2 Å². The molecular weight excluding hydrogens is 394 g/mol. The van der Waals surface area contributed by atoms with Gasteiger partial charge in [0.25, 0.3) is 0 Å². The SMILES string of the molecule is CCOc1cc(CNCc2ccco2)cc(Br)c1OCc1ccccc1. The Labute approximate surface area is 162 Å². The van der Waals surface area contributed by atoms with E-state index in [2.05, 4.69) is 27.3 Å². The van der Waals surface area contributed by atoms with Crippen molar-refractivity contribution < 1.29 is 13.9 Å². The van der Waals surface area contributed by atoms with Gasteiger partial charge >= 0.3 is 0 Å². The van der Waals surface area contributed by atoms with Crippen molar-refractivity contribution >= 4 is 15.9 Å². The summed E-state index contributed by atoms with van der Waals surface area (Å²) in [5, 5.41) is 3.37. The summed E-state index contributed by atoms with van der Waals surface area (Å²) in [5.41, 5.74) is 2.23. The third-order valence-electron chi connectivity index (χ3n) is 3.80. The molecule has 5 heteroatoms. The molecule has 2 aromatic carbocycles. The molecule has 0 aliphatic rings. The average Bonchev–Trinajstić information content (AvgIpc) is 3.16. The zero-order valence-electron chi connectivity index (χ0n) is 14.7. The fourth-order valence-electron chi connectivity index (χ4n) is 2.60. The highest BCUT2D eigenvalue weighted by atomic mass is 79.9. The van der Waals surface area contributed by atoms with E-state index in [-0.39, 0.29) is 0 Å². The minimum absolute atomic E-state index is 0.496. The number of furan rings is 1. The molecular formula is C21H22BrNO3. The maximum Gasteiger partial charge on any atom is 0.175 e. The lowest BCUT2D eigenvalue weighted by molar-refractivity contribution is 0.267. The molecule has 0 saturated carbocycles. The van der Waals surface area contributed by atoms with Crippen molar-refractivity contribution in [2.24, 2.45) is 0 Å². The van der Waals surface area contributed by atoms with Crippen molar-refractivity contribution in [3.63, 3.8) is 0 Å². The standard InChI is InChI=1S/C21H22BrNO3/c1-2-24-20-12-17(13-23-14-18-9-6-10-25-18)11-19(22)21(20)26-15-16-7-4-3-5-8-16/h3-12,23H,2,13-15H2,1H3. The van der Waals surface area contributed by atoms with Crippen molar-refractivity contribution in [1.29, 1.82) is 0 Å². The van der Waals surface area contributed by atoms with E-state index in [4.69, 9.17) is 13.9 Å². The molecule has 0 spiro atoms. The van der Waals surface area contributed by atoms with E-state index in [1.165, 1.54) is 0 Å². The van der Waals surface area contributed by atoms with Crippen LogP contribution in [0.3, 0.4) is 0 Å². The van der Waals surface area contributed by atoms with Gasteiger partial charge in [-0.3, -0.25) is 0 Å². The fourth-order valence-corrected chi connectivity index (χ4v) is 3.20. The van der Waals surface area contributed by atoms with Crippen LogP contribution in [0.2, 0.25) is 0 Å². The summed E-state index contributed by atoms with van der Waals surface area (Å²) < 4.78 is 18.0. The highest BCUT2D eigenvalue weighted by molar-refractivity contribution is 9.10. The minimum atomic E-state index is 0.496. The second kappa shape index (κ2) is 9.46. The largest absolute Gasteiger partial charge is 0.490 e. The van der Waals surface area contributed by atoms with Gasteiger partial charge in [0.2, 0.25) is 0 Å². The van der Waals surface area contributed by atoms with E-state index < -0.39 is 0 Å². The monoisotopic (exact) mass is 415 g/mol. The average molecular weight is 416 g/mol. The smallest absolute Gasteiger partial charge is 0.175 e. The van der Waals surface area contributed by atoms with Gasteiger partial charge in [0, 0.05) is 6.54 Å². The highest BCUT2D eigenvalue weighted by Gasteiger charge is 2.13.